The maximum atomic E-state index is 10.6. The lowest BCUT2D eigenvalue weighted by atomic mass is 10.2. The molecule has 3 N–H and O–H groups in total. The summed E-state index contributed by atoms with van der Waals surface area (Å²) in [7, 11) is 4.02. The Labute approximate surface area is 108 Å². The van der Waals surface area contributed by atoms with E-state index >= 15 is 0 Å². The van der Waals surface area contributed by atoms with E-state index in [0.717, 1.165) is 19.6 Å². The average Bonchev–Trinajstić information content (AvgIpc) is 2.35. The Hall–Kier alpha value is -1.59. The van der Waals surface area contributed by atoms with Crippen LogP contribution in [0.2, 0.25) is 0 Å². The molecule has 0 aromatic heterocycles. The summed E-state index contributed by atoms with van der Waals surface area (Å²) in [5, 5.41) is 3.12. The van der Waals surface area contributed by atoms with Gasteiger partial charge in [0.15, 0.2) is 6.61 Å². The fourth-order valence-electron chi connectivity index (χ4n) is 1.54. The predicted octanol–water partition coefficient (Wildman–Crippen LogP) is 0.202. The van der Waals surface area contributed by atoms with Crippen molar-refractivity contribution in [2.45, 2.75) is 6.54 Å². The standard InChI is InChI=1S/C13H21N3O2/c1-15-7-8-16(2)9-11-3-5-12(6-4-11)18-10-13(14)17/h3-6,15H,7-10H2,1-2H3,(H2,14,17). The van der Waals surface area contributed by atoms with E-state index in [2.05, 4.69) is 17.3 Å². The van der Waals surface area contributed by atoms with Gasteiger partial charge in [-0.3, -0.25) is 4.79 Å². The number of nitrogens with one attached hydrogen (secondary N) is 1. The maximum absolute atomic E-state index is 10.6. The number of hydrogen-bond donors (Lipinski definition) is 2. The first-order valence-electron chi connectivity index (χ1n) is 5.95. The van der Waals surface area contributed by atoms with Crippen molar-refractivity contribution in [2.75, 3.05) is 33.8 Å². The van der Waals surface area contributed by atoms with Gasteiger partial charge < -0.3 is 20.7 Å². The molecule has 0 bridgehead atoms. The van der Waals surface area contributed by atoms with E-state index in [9.17, 15) is 4.79 Å². The van der Waals surface area contributed by atoms with Crippen molar-refractivity contribution in [3.05, 3.63) is 29.8 Å². The smallest absolute Gasteiger partial charge is 0.255 e. The van der Waals surface area contributed by atoms with Gasteiger partial charge in [0.2, 0.25) is 0 Å². The number of hydrogen-bond acceptors (Lipinski definition) is 4. The highest BCUT2D eigenvalue weighted by Gasteiger charge is 2.01. The lowest BCUT2D eigenvalue weighted by Gasteiger charge is -2.16. The first-order valence-corrected chi connectivity index (χ1v) is 5.95. The van der Waals surface area contributed by atoms with Gasteiger partial charge in [-0.2, -0.15) is 0 Å². The average molecular weight is 251 g/mol. The lowest BCUT2D eigenvalue weighted by Crippen LogP contribution is -2.26. The molecular weight excluding hydrogens is 230 g/mol. The summed E-state index contributed by atoms with van der Waals surface area (Å²) in [4.78, 5) is 12.8. The first-order chi connectivity index (χ1) is 8.61. The summed E-state index contributed by atoms with van der Waals surface area (Å²) in [6.07, 6.45) is 0. The number of rotatable bonds is 8. The van der Waals surface area contributed by atoms with E-state index in [1.807, 2.05) is 31.3 Å². The lowest BCUT2D eigenvalue weighted by molar-refractivity contribution is -0.119. The van der Waals surface area contributed by atoms with Crippen LogP contribution >= 0.6 is 0 Å². The molecule has 0 unspecified atom stereocenters. The number of carbonyl (C=O) groups excluding carboxylic acids is 1. The van der Waals surface area contributed by atoms with E-state index in [4.69, 9.17) is 10.5 Å². The Morgan fingerprint density at radius 1 is 1.39 bits per heavy atom. The molecule has 0 atom stereocenters. The molecular formula is C13H21N3O2. The van der Waals surface area contributed by atoms with E-state index in [1.165, 1.54) is 5.56 Å². The molecule has 0 saturated heterocycles. The van der Waals surface area contributed by atoms with Crippen molar-refractivity contribution >= 4 is 5.91 Å². The summed E-state index contributed by atoms with van der Waals surface area (Å²) in [6.45, 7) is 2.77. The molecule has 0 aliphatic heterocycles. The van der Waals surface area contributed by atoms with Crippen molar-refractivity contribution in [3.63, 3.8) is 0 Å². The summed E-state index contributed by atoms with van der Waals surface area (Å²) >= 11 is 0. The second kappa shape index (κ2) is 7.68. The molecule has 0 fully saturated rings. The van der Waals surface area contributed by atoms with Crippen molar-refractivity contribution in [3.8, 4) is 5.75 Å². The molecule has 0 saturated carbocycles. The highest BCUT2D eigenvalue weighted by atomic mass is 16.5. The van der Waals surface area contributed by atoms with E-state index in [0.29, 0.717) is 5.75 Å². The summed E-state index contributed by atoms with van der Waals surface area (Å²) in [5.41, 5.74) is 6.21. The maximum Gasteiger partial charge on any atom is 0.255 e. The van der Waals surface area contributed by atoms with Crippen LogP contribution in [0.3, 0.4) is 0 Å². The molecule has 0 aliphatic carbocycles. The number of primary amides is 1. The molecule has 100 valence electrons. The summed E-state index contributed by atoms with van der Waals surface area (Å²) < 4.78 is 5.19. The zero-order chi connectivity index (χ0) is 13.4. The van der Waals surface area contributed by atoms with Gasteiger partial charge in [0.1, 0.15) is 5.75 Å². The normalized spacial score (nSPS) is 10.6. The Balaban J connectivity index is 2.42. The number of benzene rings is 1. The minimum atomic E-state index is -0.467. The van der Waals surface area contributed by atoms with Crippen LogP contribution in [-0.4, -0.2) is 44.6 Å². The molecule has 1 amide bonds. The quantitative estimate of drug-likeness (QED) is 0.692. The third-order valence-electron chi connectivity index (χ3n) is 2.50. The summed E-state index contributed by atoms with van der Waals surface area (Å²) in [6, 6.07) is 7.69. The number of carbonyl (C=O) groups is 1. The number of ether oxygens (including phenoxy) is 1. The van der Waals surface area contributed by atoms with Gasteiger partial charge in [0.25, 0.3) is 5.91 Å². The molecule has 0 radical (unpaired) electrons. The fourth-order valence-corrected chi connectivity index (χ4v) is 1.54. The van der Waals surface area contributed by atoms with Gasteiger partial charge in [-0.25, -0.2) is 0 Å². The van der Waals surface area contributed by atoms with Crippen LogP contribution in [0.25, 0.3) is 0 Å². The van der Waals surface area contributed by atoms with Gasteiger partial charge in [-0.1, -0.05) is 12.1 Å². The van der Waals surface area contributed by atoms with Gasteiger partial charge in [0.05, 0.1) is 0 Å². The minimum Gasteiger partial charge on any atom is -0.484 e. The van der Waals surface area contributed by atoms with Crippen LogP contribution in [0.5, 0.6) is 5.75 Å². The molecule has 18 heavy (non-hydrogen) atoms. The molecule has 0 heterocycles. The van der Waals surface area contributed by atoms with Crippen molar-refractivity contribution in [1.82, 2.24) is 10.2 Å². The molecule has 0 aliphatic rings. The van der Waals surface area contributed by atoms with Crippen LogP contribution < -0.4 is 15.8 Å². The number of likely N-dealkylation sites (N-methyl/N-ethyl adjacent to an activating group) is 2. The van der Waals surface area contributed by atoms with E-state index < -0.39 is 5.91 Å². The van der Waals surface area contributed by atoms with Crippen LogP contribution in [0.15, 0.2) is 24.3 Å². The van der Waals surface area contributed by atoms with E-state index in [1.54, 1.807) is 0 Å². The predicted molar refractivity (Wildman–Crippen MR) is 71.4 cm³/mol. The largest absolute Gasteiger partial charge is 0.484 e. The highest BCUT2D eigenvalue weighted by molar-refractivity contribution is 5.75. The molecule has 5 heteroatoms. The van der Waals surface area contributed by atoms with Crippen LogP contribution in [-0.2, 0) is 11.3 Å². The zero-order valence-electron chi connectivity index (χ0n) is 11.0. The molecule has 1 aromatic carbocycles. The van der Waals surface area contributed by atoms with Crippen LogP contribution in [0.4, 0.5) is 0 Å². The Bertz CT molecular complexity index is 365. The van der Waals surface area contributed by atoms with E-state index in [-0.39, 0.29) is 6.61 Å². The zero-order valence-corrected chi connectivity index (χ0v) is 11.0. The van der Waals surface area contributed by atoms with Crippen molar-refractivity contribution < 1.29 is 9.53 Å². The van der Waals surface area contributed by atoms with Gasteiger partial charge in [-0.15, -0.1) is 0 Å². The SMILES string of the molecule is CNCCN(C)Cc1ccc(OCC(N)=O)cc1. The third-order valence-corrected chi connectivity index (χ3v) is 2.50. The summed E-state index contributed by atoms with van der Waals surface area (Å²) in [5.74, 6) is 0.196. The second-order valence-electron chi connectivity index (χ2n) is 4.24. The molecule has 1 rings (SSSR count). The minimum absolute atomic E-state index is 0.0819. The number of nitrogens with zero attached hydrogens (tertiary/aromatic N) is 1. The van der Waals surface area contributed by atoms with Gasteiger partial charge in [-0.05, 0) is 31.8 Å². The molecule has 0 spiro atoms. The van der Waals surface area contributed by atoms with Crippen molar-refractivity contribution in [1.29, 1.82) is 0 Å². The first kappa shape index (κ1) is 14.5. The number of nitrogens with two attached hydrogens (primary N) is 1. The highest BCUT2D eigenvalue weighted by Crippen LogP contribution is 2.13. The Kier molecular flexibility index (Phi) is 6.18. The Morgan fingerprint density at radius 3 is 2.61 bits per heavy atom. The monoisotopic (exact) mass is 251 g/mol. The van der Waals surface area contributed by atoms with Crippen molar-refractivity contribution in [2.24, 2.45) is 5.73 Å². The fraction of sp³-hybridized carbons (Fsp3) is 0.462. The topological polar surface area (TPSA) is 67.6 Å². The Morgan fingerprint density at radius 2 is 2.06 bits per heavy atom. The second-order valence-corrected chi connectivity index (χ2v) is 4.24. The van der Waals surface area contributed by atoms with Gasteiger partial charge in [0, 0.05) is 19.6 Å². The number of amides is 1. The van der Waals surface area contributed by atoms with Crippen LogP contribution in [0.1, 0.15) is 5.56 Å². The molecule has 1 aromatic rings. The molecule has 5 nitrogen and oxygen atoms in total. The van der Waals surface area contributed by atoms with Crippen LogP contribution in [0, 0.1) is 0 Å². The van der Waals surface area contributed by atoms with Gasteiger partial charge >= 0.3 is 0 Å². The third kappa shape index (κ3) is 5.65.